The summed E-state index contributed by atoms with van der Waals surface area (Å²) in [6.45, 7) is 8.20. The molecule has 0 bridgehead atoms. The van der Waals surface area contributed by atoms with Crippen molar-refractivity contribution in [3.8, 4) is 0 Å². The predicted molar refractivity (Wildman–Crippen MR) is 160 cm³/mol. The van der Waals surface area contributed by atoms with Gasteiger partial charge in [0.05, 0.1) is 37.7 Å². The Balaban J connectivity index is 2.05. The highest BCUT2D eigenvalue weighted by atomic mass is 16.5. The van der Waals surface area contributed by atoms with Gasteiger partial charge in [0.2, 0.25) is 11.8 Å². The van der Waals surface area contributed by atoms with Gasteiger partial charge >= 0.3 is 5.97 Å². The minimum absolute atomic E-state index is 0.00798. The van der Waals surface area contributed by atoms with E-state index in [0.717, 1.165) is 11.1 Å². The second-order valence-electron chi connectivity index (χ2n) is 9.89. The molecular weight excluding hydrogens is 520 g/mol. The van der Waals surface area contributed by atoms with E-state index in [0.29, 0.717) is 32.1 Å². The average molecular weight is 565 g/mol. The van der Waals surface area contributed by atoms with E-state index in [-0.39, 0.29) is 63.1 Å². The molecule has 0 fully saturated rings. The second kappa shape index (κ2) is 20.2. The van der Waals surface area contributed by atoms with Crippen LogP contribution in [-0.2, 0) is 36.7 Å². The van der Waals surface area contributed by atoms with Gasteiger partial charge in [0.25, 0.3) is 0 Å². The van der Waals surface area contributed by atoms with E-state index in [4.69, 9.17) is 14.6 Å². The van der Waals surface area contributed by atoms with Crippen LogP contribution in [0.15, 0.2) is 86.0 Å². The van der Waals surface area contributed by atoms with Crippen LogP contribution < -0.4 is 10.6 Å². The van der Waals surface area contributed by atoms with Crippen molar-refractivity contribution in [2.24, 2.45) is 11.8 Å². The first-order valence-corrected chi connectivity index (χ1v) is 14.2. The summed E-state index contributed by atoms with van der Waals surface area (Å²) in [6, 6.07) is 19.0. The maximum absolute atomic E-state index is 13.3. The van der Waals surface area contributed by atoms with Crippen molar-refractivity contribution in [2.75, 3.05) is 33.0 Å². The fourth-order valence-corrected chi connectivity index (χ4v) is 4.40. The number of ether oxygens (including phenoxy) is 2. The Morgan fingerprint density at radius 3 is 2.15 bits per heavy atom. The van der Waals surface area contributed by atoms with Gasteiger partial charge in [-0.05, 0) is 43.2 Å². The maximum Gasteiger partial charge on any atom is 0.309 e. The minimum atomic E-state index is -0.627. The van der Waals surface area contributed by atoms with Gasteiger partial charge in [-0.1, -0.05) is 72.8 Å². The molecule has 2 rings (SSSR count). The van der Waals surface area contributed by atoms with Gasteiger partial charge in [-0.3, -0.25) is 14.4 Å². The fraction of sp³-hybridized carbons (Fsp3) is 0.424. The third-order valence-electron chi connectivity index (χ3n) is 6.53. The molecule has 3 atom stereocenters. The Morgan fingerprint density at radius 2 is 1.54 bits per heavy atom. The van der Waals surface area contributed by atoms with Crippen molar-refractivity contribution in [2.45, 2.75) is 44.6 Å². The number of esters is 1. The molecule has 0 aromatic heterocycles. The van der Waals surface area contributed by atoms with Crippen LogP contribution in [0.3, 0.4) is 0 Å². The summed E-state index contributed by atoms with van der Waals surface area (Å²) in [5.41, 5.74) is 2.04. The molecule has 3 N–H and O–H groups in total. The summed E-state index contributed by atoms with van der Waals surface area (Å²) < 4.78 is 10.9. The molecule has 2 amide bonds. The number of rotatable bonds is 21. The molecule has 222 valence electrons. The van der Waals surface area contributed by atoms with Crippen LogP contribution in [0.1, 0.15) is 36.8 Å². The number of nitrogens with one attached hydrogen (secondary N) is 2. The first kappa shape index (κ1) is 33.5. The molecule has 0 aliphatic carbocycles. The highest BCUT2D eigenvalue weighted by Gasteiger charge is 2.26. The minimum Gasteiger partial charge on any atom is -0.463 e. The van der Waals surface area contributed by atoms with E-state index in [2.05, 4.69) is 23.8 Å². The van der Waals surface area contributed by atoms with Gasteiger partial charge in [0.15, 0.2) is 0 Å². The van der Waals surface area contributed by atoms with E-state index in [1.54, 1.807) is 12.2 Å². The molecule has 0 heterocycles. The zero-order chi connectivity index (χ0) is 29.7. The van der Waals surface area contributed by atoms with Crippen LogP contribution in [0.25, 0.3) is 0 Å². The van der Waals surface area contributed by atoms with E-state index in [9.17, 15) is 14.4 Å². The number of aliphatic hydroxyl groups excluding tert-OH is 1. The molecule has 8 heteroatoms. The van der Waals surface area contributed by atoms with E-state index in [1.165, 1.54) is 0 Å². The summed E-state index contributed by atoms with van der Waals surface area (Å²) in [4.78, 5) is 38.9. The molecule has 2 aromatic rings. The van der Waals surface area contributed by atoms with Crippen molar-refractivity contribution in [1.82, 2.24) is 10.6 Å². The molecule has 0 unspecified atom stereocenters. The molecular formula is C33H44N2O6. The van der Waals surface area contributed by atoms with Crippen molar-refractivity contribution >= 4 is 17.8 Å². The lowest BCUT2D eigenvalue weighted by Gasteiger charge is -2.24. The summed E-state index contributed by atoms with van der Waals surface area (Å²) in [5.74, 6) is -1.86. The molecule has 0 spiro atoms. The first-order valence-electron chi connectivity index (χ1n) is 14.2. The lowest BCUT2D eigenvalue weighted by Crippen LogP contribution is -2.44. The van der Waals surface area contributed by atoms with Crippen LogP contribution in [0.4, 0.5) is 0 Å². The van der Waals surface area contributed by atoms with Crippen LogP contribution in [0.2, 0.25) is 0 Å². The third kappa shape index (κ3) is 13.9. The van der Waals surface area contributed by atoms with E-state index < -0.39 is 12.0 Å². The molecule has 0 saturated carbocycles. The molecule has 8 nitrogen and oxygen atoms in total. The lowest BCUT2D eigenvalue weighted by molar-refractivity contribution is -0.150. The normalized spacial score (nSPS) is 12.9. The van der Waals surface area contributed by atoms with E-state index in [1.807, 2.05) is 60.7 Å². The number of hydrogen-bond acceptors (Lipinski definition) is 6. The van der Waals surface area contributed by atoms with Gasteiger partial charge in [-0.25, -0.2) is 0 Å². The number of benzene rings is 2. The largest absolute Gasteiger partial charge is 0.463 e. The molecule has 2 aromatic carbocycles. The molecule has 41 heavy (non-hydrogen) atoms. The number of carbonyl (C=O) groups is 3. The monoisotopic (exact) mass is 564 g/mol. The van der Waals surface area contributed by atoms with E-state index >= 15 is 0 Å². The van der Waals surface area contributed by atoms with Crippen LogP contribution in [-0.4, -0.2) is 61.9 Å². The van der Waals surface area contributed by atoms with Crippen LogP contribution in [0.5, 0.6) is 0 Å². The number of carbonyl (C=O) groups excluding carboxylic acids is 3. The summed E-state index contributed by atoms with van der Waals surface area (Å²) in [5, 5.41) is 14.5. The lowest BCUT2D eigenvalue weighted by atomic mass is 9.95. The van der Waals surface area contributed by atoms with Crippen molar-refractivity contribution < 1.29 is 29.0 Å². The number of aliphatic hydroxyl groups is 1. The Bertz CT molecular complexity index is 1060. The number of allylic oxidation sites excluding steroid dienone is 2. The maximum atomic E-state index is 13.3. The Labute approximate surface area is 243 Å². The topological polar surface area (TPSA) is 114 Å². The highest BCUT2D eigenvalue weighted by Crippen LogP contribution is 2.18. The summed E-state index contributed by atoms with van der Waals surface area (Å²) >= 11 is 0. The smallest absolute Gasteiger partial charge is 0.309 e. The summed E-state index contributed by atoms with van der Waals surface area (Å²) in [7, 11) is 0. The Morgan fingerprint density at radius 1 is 0.878 bits per heavy atom. The van der Waals surface area contributed by atoms with Gasteiger partial charge in [0, 0.05) is 13.0 Å². The molecule has 0 aliphatic heterocycles. The number of amides is 2. The van der Waals surface area contributed by atoms with Gasteiger partial charge in [0.1, 0.15) is 6.61 Å². The zero-order valence-electron chi connectivity index (χ0n) is 23.8. The van der Waals surface area contributed by atoms with Crippen molar-refractivity contribution in [3.63, 3.8) is 0 Å². The van der Waals surface area contributed by atoms with Crippen molar-refractivity contribution in [3.05, 3.63) is 97.1 Å². The van der Waals surface area contributed by atoms with Gasteiger partial charge in [-0.2, -0.15) is 0 Å². The standard InChI is InChI=1S/C33H44N2O6/c1-3-5-17-29(22-26-13-8-6-9-14-26)33(39)41-25-30(23-27-15-10-7-11-16-27)35-32(38)28(12-4-2)24-31(37)34-18-20-40-21-19-36/h3-4,6-11,13-16,28-30,36H,1-2,5,12,17-25H2,(H,34,37)(H,35,38)/t28-,29-,30+/m1/s1. The second-order valence-corrected chi connectivity index (χ2v) is 9.89. The fourth-order valence-electron chi connectivity index (χ4n) is 4.40. The first-order chi connectivity index (χ1) is 20.0. The third-order valence-corrected chi connectivity index (χ3v) is 6.53. The highest BCUT2D eigenvalue weighted by molar-refractivity contribution is 5.86. The summed E-state index contributed by atoms with van der Waals surface area (Å²) in [6.07, 6.45) is 6.04. The Hall–Kier alpha value is -3.75. The SMILES string of the molecule is C=CCC[C@H](Cc1ccccc1)C(=O)OC[C@H](Cc1ccccc1)NC(=O)[C@H](CC=C)CC(=O)NCCOCCO. The Kier molecular flexibility index (Phi) is 16.5. The van der Waals surface area contributed by atoms with Crippen LogP contribution >= 0.6 is 0 Å². The number of hydrogen-bond donors (Lipinski definition) is 3. The zero-order valence-corrected chi connectivity index (χ0v) is 23.8. The molecule has 0 radical (unpaired) electrons. The molecule has 0 saturated heterocycles. The van der Waals surface area contributed by atoms with Gasteiger partial charge in [-0.15, -0.1) is 13.2 Å². The van der Waals surface area contributed by atoms with Gasteiger partial charge < -0.3 is 25.2 Å². The van der Waals surface area contributed by atoms with Crippen LogP contribution in [0, 0.1) is 11.8 Å². The quantitative estimate of drug-likeness (QED) is 0.121. The predicted octanol–water partition coefficient (Wildman–Crippen LogP) is 3.79. The van der Waals surface area contributed by atoms with Crippen molar-refractivity contribution in [1.29, 1.82) is 0 Å². The average Bonchev–Trinajstić information content (AvgIpc) is 2.98. The molecule has 0 aliphatic rings.